The fraction of sp³-hybridized carbons (Fsp3) is 0.294. The van der Waals surface area contributed by atoms with E-state index < -0.39 is 11.6 Å². The van der Waals surface area contributed by atoms with Gasteiger partial charge < -0.3 is 5.32 Å². The highest BCUT2D eigenvalue weighted by Crippen LogP contribution is 2.30. The molecule has 106 valence electrons. The number of benzene rings is 2. The fourth-order valence-electron chi connectivity index (χ4n) is 2.85. The van der Waals surface area contributed by atoms with Crippen molar-refractivity contribution < 1.29 is 8.78 Å². The molecule has 0 heterocycles. The van der Waals surface area contributed by atoms with E-state index in [9.17, 15) is 8.78 Å². The molecule has 0 aliphatic rings. The predicted molar refractivity (Wildman–Crippen MR) is 77.9 cm³/mol. The minimum absolute atomic E-state index is 0.336. The molecule has 0 spiro atoms. The zero-order chi connectivity index (χ0) is 14.9. The molecule has 2 aromatic rings. The molecule has 3 heteroatoms. The van der Waals surface area contributed by atoms with Crippen molar-refractivity contribution >= 4 is 0 Å². The predicted octanol–water partition coefficient (Wildman–Crippen LogP) is 4.20. The smallest absolute Gasteiger partial charge is 0.163 e. The molecule has 0 radical (unpaired) electrons. The van der Waals surface area contributed by atoms with Crippen molar-refractivity contribution in [2.24, 2.45) is 0 Å². The second-order valence-electron chi connectivity index (χ2n) is 5.18. The first-order valence-corrected chi connectivity index (χ1v) is 6.64. The normalized spacial score (nSPS) is 12.5. The number of halogens is 2. The lowest BCUT2D eigenvalue weighted by atomic mass is 9.90. The fourth-order valence-corrected chi connectivity index (χ4v) is 2.85. The lowest BCUT2D eigenvalue weighted by Gasteiger charge is -2.23. The van der Waals surface area contributed by atoms with E-state index in [1.54, 1.807) is 13.1 Å². The van der Waals surface area contributed by atoms with Gasteiger partial charge in [0.25, 0.3) is 0 Å². The standard InChI is InChI=1S/C17H19F2N/c1-10-8-11(2)15(12(3)9-10)17(20-4)13-6-5-7-14(18)16(13)19/h5-9,17,20H,1-4H3. The van der Waals surface area contributed by atoms with Crippen molar-refractivity contribution in [3.8, 4) is 0 Å². The first kappa shape index (κ1) is 14.7. The van der Waals surface area contributed by atoms with Crippen LogP contribution in [0.1, 0.15) is 33.9 Å². The summed E-state index contributed by atoms with van der Waals surface area (Å²) in [6.45, 7) is 6.02. The lowest BCUT2D eigenvalue weighted by Crippen LogP contribution is -2.21. The third kappa shape index (κ3) is 2.59. The molecule has 0 saturated carbocycles. The van der Waals surface area contributed by atoms with Crippen LogP contribution in [0.4, 0.5) is 8.78 Å². The van der Waals surface area contributed by atoms with Crippen LogP contribution in [0.5, 0.6) is 0 Å². The van der Waals surface area contributed by atoms with Crippen LogP contribution < -0.4 is 5.32 Å². The highest BCUT2D eigenvalue weighted by atomic mass is 19.2. The van der Waals surface area contributed by atoms with E-state index in [1.165, 1.54) is 11.6 Å². The molecule has 1 nitrogen and oxygen atoms in total. The Hall–Kier alpha value is -1.74. The van der Waals surface area contributed by atoms with Crippen molar-refractivity contribution in [2.45, 2.75) is 26.8 Å². The van der Waals surface area contributed by atoms with E-state index in [0.717, 1.165) is 22.8 Å². The summed E-state index contributed by atoms with van der Waals surface area (Å²) in [5.74, 6) is -1.60. The van der Waals surface area contributed by atoms with Gasteiger partial charge in [-0.3, -0.25) is 0 Å². The third-order valence-corrected chi connectivity index (χ3v) is 3.61. The van der Waals surface area contributed by atoms with Crippen LogP contribution >= 0.6 is 0 Å². The Morgan fingerprint density at radius 3 is 2.15 bits per heavy atom. The Morgan fingerprint density at radius 2 is 1.60 bits per heavy atom. The van der Waals surface area contributed by atoms with Crippen LogP contribution in [-0.2, 0) is 0 Å². The van der Waals surface area contributed by atoms with Crippen molar-refractivity contribution in [3.05, 3.63) is 69.8 Å². The van der Waals surface area contributed by atoms with Gasteiger partial charge in [-0.2, -0.15) is 0 Å². The zero-order valence-corrected chi connectivity index (χ0v) is 12.2. The summed E-state index contributed by atoms with van der Waals surface area (Å²) in [6.07, 6.45) is 0. The number of nitrogens with one attached hydrogen (secondary N) is 1. The van der Waals surface area contributed by atoms with Crippen molar-refractivity contribution in [2.75, 3.05) is 7.05 Å². The SMILES string of the molecule is CNC(c1cccc(F)c1F)c1c(C)cc(C)cc1C. The molecule has 1 atom stereocenters. The third-order valence-electron chi connectivity index (χ3n) is 3.61. The molecule has 0 aliphatic heterocycles. The second-order valence-corrected chi connectivity index (χ2v) is 5.18. The number of rotatable bonds is 3. The van der Waals surface area contributed by atoms with Gasteiger partial charge in [0, 0.05) is 5.56 Å². The maximum atomic E-state index is 14.1. The van der Waals surface area contributed by atoms with Crippen molar-refractivity contribution in [1.82, 2.24) is 5.32 Å². The van der Waals surface area contributed by atoms with Gasteiger partial charge in [-0.15, -0.1) is 0 Å². The quantitative estimate of drug-likeness (QED) is 0.885. The van der Waals surface area contributed by atoms with Crippen LogP contribution in [0.15, 0.2) is 30.3 Å². The van der Waals surface area contributed by atoms with Crippen LogP contribution in [-0.4, -0.2) is 7.05 Å². The van der Waals surface area contributed by atoms with E-state index in [0.29, 0.717) is 5.56 Å². The Labute approximate surface area is 118 Å². The van der Waals surface area contributed by atoms with E-state index in [2.05, 4.69) is 17.4 Å². The lowest BCUT2D eigenvalue weighted by molar-refractivity contribution is 0.486. The molecule has 0 aromatic heterocycles. The minimum atomic E-state index is -0.815. The van der Waals surface area contributed by atoms with Gasteiger partial charge in [0.15, 0.2) is 11.6 Å². The Bertz CT molecular complexity index is 612. The van der Waals surface area contributed by atoms with Gasteiger partial charge >= 0.3 is 0 Å². The van der Waals surface area contributed by atoms with E-state index in [4.69, 9.17) is 0 Å². The molecular formula is C17H19F2N. The molecule has 2 aromatic carbocycles. The Morgan fingerprint density at radius 1 is 1.00 bits per heavy atom. The second kappa shape index (κ2) is 5.71. The molecule has 0 aliphatic carbocycles. The van der Waals surface area contributed by atoms with Gasteiger partial charge in [0.05, 0.1) is 6.04 Å². The Balaban J connectivity index is 2.62. The van der Waals surface area contributed by atoms with Gasteiger partial charge in [-0.1, -0.05) is 29.8 Å². The topological polar surface area (TPSA) is 12.0 Å². The summed E-state index contributed by atoms with van der Waals surface area (Å²) in [7, 11) is 1.76. The van der Waals surface area contributed by atoms with Gasteiger partial charge in [0.1, 0.15) is 0 Å². The maximum Gasteiger partial charge on any atom is 0.163 e. The van der Waals surface area contributed by atoms with Crippen LogP contribution in [0.2, 0.25) is 0 Å². The van der Waals surface area contributed by atoms with E-state index in [-0.39, 0.29) is 6.04 Å². The molecule has 0 saturated heterocycles. The van der Waals surface area contributed by atoms with E-state index in [1.807, 2.05) is 20.8 Å². The summed E-state index contributed by atoms with van der Waals surface area (Å²) in [6, 6.07) is 8.06. The van der Waals surface area contributed by atoms with Gasteiger partial charge in [-0.25, -0.2) is 8.78 Å². The summed E-state index contributed by atoms with van der Waals surface area (Å²) in [5, 5.41) is 3.10. The monoisotopic (exact) mass is 275 g/mol. The highest BCUT2D eigenvalue weighted by molar-refractivity contribution is 5.44. The first-order valence-electron chi connectivity index (χ1n) is 6.64. The number of aryl methyl sites for hydroxylation is 3. The van der Waals surface area contributed by atoms with Crippen LogP contribution in [0.25, 0.3) is 0 Å². The highest BCUT2D eigenvalue weighted by Gasteiger charge is 2.21. The molecular weight excluding hydrogens is 256 g/mol. The summed E-state index contributed by atoms with van der Waals surface area (Å²) in [5.41, 5.74) is 4.65. The van der Waals surface area contributed by atoms with Gasteiger partial charge in [0.2, 0.25) is 0 Å². The summed E-state index contributed by atoms with van der Waals surface area (Å²) >= 11 is 0. The van der Waals surface area contributed by atoms with Crippen molar-refractivity contribution in [3.63, 3.8) is 0 Å². The molecule has 2 rings (SSSR count). The van der Waals surface area contributed by atoms with Crippen molar-refractivity contribution in [1.29, 1.82) is 0 Å². The maximum absolute atomic E-state index is 14.1. The average molecular weight is 275 g/mol. The van der Waals surface area contributed by atoms with Gasteiger partial charge in [-0.05, 0) is 50.6 Å². The average Bonchev–Trinajstić information content (AvgIpc) is 2.37. The van der Waals surface area contributed by atoms with Crippen LogP contribution in [0.3, 0.4) is 0 Å². The first-order chi connectivity index (χ1) is 9.45. The molecule has 0 fully saturated rings. The van der Waals surface area contributed by atoms with Crippen LogP contribution in [0, 0.1) is 32.4 Å². The molecule has 1 unspecified atom stereocenters. The molecule has 0 amide bonds. The Kier molecular flexibility index (Phi) is 4.19. The summed E-state index contributed by atoms with van der Waals surface area (Å²) < 4.78 is 27.5. The molecule has 20 heavy (non-hydrogen) atoms. The molecule has 0 bridgehead atoms. The molecule has 1 N–H and O–H groups in total. The number of hydrogen-bond donors (Lipinski definition) is 1. The summed E-state index contributed by atoms with van der Waals surface area (Å²) in [4.78, 5) is 0. The van der Waals surface area contributed by atoms with E-state index >= 15 is 0 Å². The number of hydrogen-bond acceptors (Lipinski definition) is 1. The zero-order valence-electron chi connectivity index (χ0n) is 12.2. The largest absolute Gasteiger partial charge is 0.309 e. The minimum Gasteiger partial charge on any atom is -0.309 e.